The van der Waals surface area contributed by atoms with Crippen molar-refractivity contribution in [3.05, 3.63) is 217 Å². The predicted octanol–water partition coefficient (Wildman–Crippen LogP) is 13.1. The number of hydrogen-bond donors (Lipinski definition) is 0. The number of halogens is 3. The first-order chi connectivity index (χ1) is 31.4. The van der Waals surface area contributed by atoms with Crippen LogP contribution in [0, 0.1) is 11.3 Å². The van der Waals surface area contributed by atoms with Gasteiger partial charge in [0.05, 0.1) is 33.9 Å². The van der Waals surface area contributed by atoms with Gasteiger partial charge in [-0.2, -0.15) is 18.4 Å². The summed E-state index contributed by atoms with van der Waals surface area (Å²) in [4.78, 5) is 4.80. The molecule has 4 nitrogen and oxygen atoms in total. The van der Waals surface area contributed by atoms with Crippen molar-refractivity contribution < 1.29 is 13.2 Å². The summed E-state index contributed by atoms with van der Waals surface area (Å²) >= 11 is 0. The molecule has 302 valence electrons. The summed E-state index contributed by atoms with van der Waals surface area (Å²) in [7, 11) is 0. The fraction of sp³-hybridized carbons (Fsp3) is 0.0179. The third kappa shape index (κ3) is 5.78. The van der Waals surface area contributed by atoms with Crippen LogP contribution in [0.4, 0.5) is 47.3 Å². The van der Waals surface area contributed by atoms with Crippen LogP contribution in [0.5, 0.6) is 0 Å². The van der Waals surface area contributed by atoms with Gasteiger partial charge < -0.3 is 14.4 Å². The molecule has 2 aliphatic rings. The molecule has 2 aliphatic heterocycles. The van der Waals surface area contributed by atoms with Crippen molar-refractivity contribution in [3.8, 4) is 34.0 Å². The highest BCUT2D eigenvalue weighted by Gasteiger charge is 2.43. The number of benzene rings is 9. The van der Waals surface area contributed by atoms with Crippen LogP contribution in [0.2, 0.25) is 0 Å². The summed E-state index contributed by atoms with van der Waals surface area (Å²) in [6.07, 6.45) is -4.52. The van der Waals surface area contributed by atoms with E-state index in [1.165, 1.54) is 22.5 Å². The maximum atomic E-state index is 14.0. The molecule has 1 aromatic heterocycles. The van der Waals surface area contributed by atoms with Gasteiger partial charge in [0, 0.05) is 50.5 Å². The molecule has 8 heteroatoms. The number of nitrogens with zero attached hydrogens (tertiary/aromatic N) is 4. The quantitative estimate of drug-likeness (QED) is 0.162. The molecular weight excluding hydrogens is 796 g/mol. The summed E-state index contributed by atoms with van der Waals surface area (Å²) in [6.45, 7) is -0.00901. The van der Waals surface area contributed by atoms with Crippen molar-refractivity contribution >= 4 is 79.0 Å². The zero-order valence-corrected chi connectivity index (χ0v) is 34.1. The number of hydrogen-bond acceptors (Lipinski definition) is 3. The maximum absolute atomic E-state index is 14.0. The second-order valence-electron chi connectivity index (χ2n) is 16.3. The van der Waals surface area contributed by atoms with Gasteiger partial charge in [0.1, 0.15) is 0 Å². The largest absolute Gasteiger partial charge is 0.416 e. The summed E-state index contributed by atoms with van der Waals surface area (Å²) in [6, 6.07) is 70.6. The standard InChI is InChI=1S/C56H34BF3N4/c58-56(59,60)40-15-13-14-38(31-40)44-30-36(35-61)26-28-49(44)64-48-23-10-7-20-43(48)45-32-37(27-29-50(45)64)39-33-53-55-54(34-39)63(42-18-5-2-6-19-42)52-25-12-9-22-47(52)57(55)46-21-8-11-24-51(46)62(53)41-16-3-1-4-17-41/h1-34H. The van der Waals surface area contributed by atoms with Gasteiger partial charge in [-0.1, -0.05) is 109 Å². The van der Waals surface area contributed by atoms with Crippen molar-refractivity contribution in [2.45, 2.75) is 6.18 Å². The van der Waals surface area contributed by atoms with Crippen molar-refractivity contribution in [1.82, 2.24) is 4.57 Å². The molecule has 0 saturated carbocycles. The van der Waals surface area contributed by atoms with Gasteiger partial charge in [-0.3, -0.25) is 0 Å². The van der Waals surface area contributed by atoms with Gasteiger partial charge in [0.25, 0.3) is 6.71 Å². The molecule has 0 saturated heterocycles. The summed E-state index contributed by atoms with van der Waals surface area (Å²) in [5, 5.41) is 11.9. The van der Waals surface area contributed by atoms with E-state index in [0.29, 0.717) is 22.4 Å². The van der Waals surface area contributed by atoms with E-state index in [0.717, 1.165) is 79.2 Å². The first-order valence-electron chi connectivity index (χ1n) is 21.2. The summed E-state index contributed by atoms with van der Waals surface area (Å²) < 4.78 is 44.2. The Balaban J connectivity index is 1.11. The molecule has 64 heavy (non-hydrogen) atoms. The lowest BCUT2D eigenvalue weighted by Gasteiger charge is -2.44. The van der Waals surface area contributed by atoms with Crippen molar-refractivity contribution in [2.75, 3.05) is 9.80 Å². The van der Waals surface area contributed by atoms with Crippen molar-refractivity contribution in [2.24, 2.45) is 0 Å². The van der Waals surface area contributed by atoms with Crippen LogP contribution in [0.1, 0.15) is 11.1 Å². The molecule has 9 aromatic carbocycles. The number of fused-ring (bicyclic) bond motifs is 7. The van der Waals surface area contributed by atoms with E-state index in [2.05, 4.69) is 154 Å². The van der Waals surface area contributed by atoms with E-state index >= 15 is 0 Å². The normalized spacial score (nSPS) is 12.8. The molecule has 0 unspecified atom stereocenters. The Morgan fingerprint density at radius 3 is 1.67 bits per heavy atom. The Bertz CT molecular complexity index is 3430. The molecule has 0 bridgehead atoms. The Morgan fingerprint density at radius 1 is 0.438 bits per heavy atom. The minimum atomic E-state index is -4.52. The van der Waals surface area contributed by atoms with Gasteiger partial charge in [-0.25, -0.2) is 0 Å². The second-order valence-corrected chi connectivity index (χ2v) is 16.3. The number of alkyl halides is 3. The Morgan fingerprint density at radius 2 is 1.03 bits per heavy atom. The first kappa shape index (κ1) is 37.5. The maximum Gasteiger partial charge on any atom is 0.416 e. The fourth-order valence-corrected chi connectivity index (χ4v) is 10.1. The number of rotatable bonds is 5. The second kappa shape index (κ2) is 14.4. The molecule has 12 rings (SSSR count). The van der Waals surface area contributed by atoms with E-state index in [-0.39, 0.29) is 6.71 Å². The molecule has 0 N–H and O–H groups in total. The third-order valence-electron chi connectivity index (χ3n) is 12.8. The molecule has 0 aliphatic carbocycles. The molecule has 0 spiro atoms. The molecule has 0 amide bonds. The van der Waals surface area contributed by atoms with Crippen LogP contribution in [0.25, 0.3) is 49.7 Å². The number of aromatic nitrogens is 1. The van der Waals surface area contributed by atoms with E-state index in [1.54, 1.807) is 18.2 Å². The smallest absolute Gasteiger partial charge is 0.311 e. The average molecular weight is 831 g/mol. The van der Waals surface area contributed by atoms with E-state index < -0.39 is 11.7 Å². The zero-order valence-electron chi connectivity index (χ0n) is 34.1. The third-order valence-corrected chi connectivity index (χ3v) is 12.8. The summed E-state index contributed by atoms with van der Waals surface area (Å²) in [5.74, 6) is 0. The van der Waals surface area contributed by atoms with Crippen LogP contribution < -0.4 is 26.2 Å². The van der Waals surface area contributed by atoms with Crippen molar-refractivity contribution in [3.63, 3.8) is 0 Å². The van der Waals surface area contributed by atoms with Crippen LogP contribution in [0.15, 0.2) is 206 Å². The first-order valence-corrected chi connectivity index (χ1v) is 21.2. The van der Waals surface area contributed by atoms with Gasteiger partial charge in [0.2, 0.25) is 0 Å². The average Bonchev–Trinajstić information content (AvgIpc) is 3.67. The number of para-hydroxylation sites is 5. The highest BCUT2D eigenvalue weighted by molar-refractivity contribution is 7.00. The predicted molar refractivity (Wildman–Crippen MR) is 255 cm³/mol. The molecule has 10 aromatic rings. The van der Waals surface area contributed by atoms with Gasteiger partial charge >= 0.3 is 6.18 Å². The minimum Gasteiger partial charge on any atom is -0.311 e. The SMILES string of the molecule is N#Cc1ccc(-n2c3ccccc3c3cc(-c4cc5c6c(c4)N(c4ccccc4)c4ccccc4B6c4ccccc4N5c4ccccc4)ccc32)c(-c2cccc(C(F)(F)F)c2)c1. The topological polar surface area (TPSA) is 35.2 Å². The van der Waals surface area contributed by atoms with Crippen molar-refractivity contribution in [1.29, 1.82) is 5.26 Å². The highest BCUT2D eigenvalue weighted by atomic mass is 19.4. The summed E-state index contributed by atoms with van der Waals surface area (Å²) in [5.41, 5.74) is 15.4. The lowest BCUT2D eigenvalue weighted by Crippen LogP contribution is -2.61. The fourth-order valence-electron chi connectivity index (χ4n) is 10.1. The van der Waals surface area contributed by atoms with Gasteiger partial charge in [-0.15, -0.1) is 0 Å². The van der Waals surface area contributed by atoms with E-state index in [9.17, 15) is 18.4 Å². The molecule has 0 fully saturated rings. The number of nitriles is 1. The lowest BCUT2D eigenvalue weighted by atomic mass is 9.33. The zero-order chi connectivity index (χ0) is 43.1. The van der Waals surface area contributed by atoms with E-state index in [4.69, 9.17) is 0 Å². The Labute approximate surface area is 368 Å². The van der Waals surface area contributed by atoms with Gasteiger partial charge in [0.15, 0.2) is 0 Å². The molecule has 0 radical (unpaired) electrons. The van der Waals surface area contributed by atoms with Crippen LogP contribution in [0.3, 0.4) is 0 Å². The molecular formula is C56H34BF3N4. The Hall–Kier alpha value is -8.28. The van der Waals surface area contributed by atoms with E-state index in [1.807, 2.05) is 36.4 Å². The lowest BCUT2D eigenvalue weighted by molar-refractivity contribution is -0.137. The number of anilines is 6. The van der Waals surface area contributed by atoms with Crippen LogP contribution >= 0.6 is 0 Å². The van der Waals surface area contributed by atoms with Crippen LogP contribution in [-0.2, 0) is 6.18 Å². The molecule has 0 atom stereocenters. The molecule has 3 heterocycles. The van der Waals surface area contributed by atoms with Crippen LogP contribution in [-0.4, -0.2) is 11.3 Å². The van der Waals surface area contributed by atoms with Gasteiger partial charge in [-0.05, 0) is 130 Å². The highest BCUT2D eigenvalue weighted by Crippen LogP contribution is 2.47. The Kier molecular flexibility index (Phi) is 8.44. The minimum absolute atomic E-state index is 0.00901. The monoisotopic (exact) mass is 830 g/mol.